The number of morpholine rings is 1. The maximum Gasteiger partial charge on any atom is 0.262 e. The molecule has 0 saturated carbocycles. The lowest BCUT2D eigenvalue weighted by atomic mass is 10.2. The smallest absolute Gasteiger partial charge is 0.262 e. The van der Waals surface area contributed by atoms with Gasteiger partial charge in [0.05, 0.1) is 17.6 Å². The number of ether oxygens (including phenoxy) is 1. The first-order valence-electron chi connectivity index (χ1n) is 7.06. The van der Waals surface area contributed by atoms with E-state index in [4.69, 9.17) is 4.74 Å². The molecule has 0 bridgehead atoms. The molecule has 0 radical (unpaired) electrons. The van der Waals surface area contributed by atoms with Crippen molar-refractivity contribution in [3.63, 3.8) is 0 Å². The molecule has 22 heavy (non-hydrogen) atoms. The molecule has 1 fully saturated rings. The molecule has 1 atom stereocenters. The maximum absolute atomic E-state index is 12.2. The number of sulfonamides is 1. The quantitative estimate of drug-likeness (QED) is 0.931. The number of hydrogen-bond donors (Lipinski definition) is 1. The van der Waals surface area contributed by atoms with Gasteiger partial charge in [-0.05, 0) is 42.6 Å². The van der Waals surface area contributed by atoms with Crippen LogP contribution < -0.4 is 9.62 Å². The van der Waals surface area contributed by atoms with Crippen LogP contribution in [0.1, 0.15) is 6.92 Å². The summed E-state index contributed by atoms with van der Waals surface area (Å²) in [7, 11) is -3.49. The van der Waals surface area contributed by atoms with E-state index in [2.05, 4.69) is 16.5 Å². The van der Waals surface area contributed by atoms with Crippen molar-refractivity contribution in [3.8, 4) is 0 Å². The first-order valence-corrected chi connectivity index (χ1v) is 9.49. The van der Waals surface area contributed by atoms with Crippen molar-refractivity contribution >= 4 is 32.7 Å². The zero-order chi connectivity index (χ0) is 15.6. The highest BCUT2D eigenvalue weighted by Crippen LogP contribution is 2.23. The molecule has 3 rings (SSSR count). The molecular formula is C15H18N2O3S2. The first-order chi connectivity index (χ1) is 10.5. The second-order valence-corrected chi connectivity index (χ2v) is 7.70. The van der Waals surface area contributed by atoms with Crippen LogP contribution in [0.15, 0.2) is 46.0 Å². The van der Waals surface area contributed by atoms with Gasteiger partial charge in [0.15, 0.2) is 0 Å². The Balaban J connectivity index is 1.72. The van der Waals surface area contributed by atoms with Crippen molar-refractivity contribution in [2.45, 2.75) is 17.9 Å². The van der Waals surface area contributed by atoms with Crippen LogP contribution in [0.5, 0.6) is 0 Å². The van der Waals surface area contributed by atoms with E-state index < -0.39 is 10.0 Å². The van der Waals surface area contributed by atoms with Crippen LogP contribution in [0.4, 0.5) is 11.4 Å². The third-order valence-electron chi connectivity index (χ3n) is 3.53. The Bertz CT molecular complexity index is 712. The van der Waals surface area contributed by atoms with Gasteiger partial charge < -0.3 is 9.64 Å². The zero-order valence-corrected chi connectivity index (χ0v) is 13.9. The van der Waals surface area contributed by atoms with E-state index in [9.17, 15) is 8.42 Å². The van der Waals surface area contributed by atoms with E-state index in [-0.39, 0.29) is 6.10 Å². The van der Waals surface area contributed by atoms with Gasteiger partial charge >= 0.3 is 0 Å². The van der Waals surface area contributed by atoms with Crippen LogP contribution in [0.2, 0.25) is 0 Å². The summed E-state index contributed by atoms with van der Waals surface area (Å²) in [6, 6.07) is 9.04. The molecular weight excluding hydrogens is 320 g/mol. The number of rotatable bonds is 4. The number of benzene rings is 1. The predicted molar refractivity (Wildman–Crippen MR) is 89.2 cm³/mol. The van der Waals surface area contributed by atoms with Crippen LogP contribution in [0.3, 0.4) is 0 Å². The van der Waals surface area contributed by atoms with Crippen molar-refractivity contribution in [1.29, 1.82) is 0 Å². The highest BCUT2D eigenvalue weighted by atomic mass is 32.2. The minimum absolute atomic E-state index is 0.213. The number of anilines is 2. The molecule has 2 aromatic rings. The Morgan fingerprint density at radius 3 is 2.68 bits per heavy atom. The van der Waals surface area contributed by atoms with E-state index in [0.29, 0.717) is 17.2 Å². The van der Waals surface area contributed by atoms with Crippen LogP contribution in [-0.2, 0) is 14.8 Å². The fourth-order valence-corrected chi connectivity index (χ4v) is 4.50. The summed E-state index contributed by atoms with van der Waals surface area (Å²) in [5, 5.41) is 3.36. The molecule has 0 aliphatic carbocycles. The summed E-state index contributed by atoms with van der Waals surface area (Å²) >= 11 is 1.36. The number of nitrogens with one attached hydrogen (secondary N) is 1. The van der Waals surface area contributed by atoms with Crippen LogP contribution in [-0.4, -0.2) is 34.2 Å². The summed E-state index contributed by atoms with van der Waals surface area (Å²) in [5.74, 6) is 0. The van der Waals surface area contributed by atoms with Gasteiger partial charge in [0.25, 0.3) is 10.0 Å². The van der Waals surface area contributed by atoms with Crippen molar-refractivity contribution in [1.82, 2.24) is 0 Å². The third kappa shape index (κ3) is 3.43. The molecule has 1 saturated heterocycles. The predicted octanol–water partition coefficient (Wildman–Crippen LogP) is 2.77. The standard InChI is InChI=1S/C15H18N2O3S2/c1-12-10-17(7-8-20-12)14-4-2-13(3-5-14)16-22(18,19)15-6-9-21-11-15/h2-6,9,11-12,16H,7-8,10H2,1H3. The minimum Gasteiger partial charge on any atom is -0.375 e. The lowest BCUT2D eigenvalue weighted by Crippen LogP contribution is -2.41. The number of thiophene rings is 1. The normalized spacial score (nSPS) is 19.1. The van der Waals surface area contributed by atoms with Crippen LogP contribution >= 0.6 is 11.3 Å². The van der Waals surface area contributed by atoms with Crippen molar-refractivity contribution in [3.05, 3.63) is 41.1 Å². The highest BCUT2D eigenvalue weighted by molar-refractivity contribution is 7.92. The van der Waals surface area contributed by atoms with Gasteiger partial charge in [-0.2, -0.15) is 11.3 Å². The van der Waals surface area contributed by atoms with Crippen molar-refractivity contribution < 1.29 is 13.2 Å². The molecule has 1 unspecified atom stereocenters. The van der Waals surface area contributed by atoms with Gasteiger partial charge in [-0.15, -0.1) is 0 Å². The lowest BCUT2D eigenvalue weighted by Gasteiger charge is -2.33. The van der Waals surface area contributed by atoms with Crippen LogP contribution in [0, 0.1) is 0 Å². The van der Waals surface area contributed by atoms with E-state index in [1.54, 1.807) is 29.0 Å². The summed E-state index contributed by atoms with van der Waals surface area (Å²) in [6.45, 7) is 4.47. The summed E-state index contributed by atoms with van der Waals surface area (Å²) in [4.78, 5) is 2.54. The fourth-order valence-electron chi connectivity index (χ4n) is 2.41. The van der Waals surface area contributed by atoms with Crippen LogP contribution in [0.25, 0.3) is 0 Å². The Labute approximate surface area is 134 Å². The van der Waals surface area contributed by atoms with E-state index >= 15 is 0 Å². The molecule has 0 spiro atoms. The second-order valence-electron chi connectivity index (χ2n) is 5.24. The molecule has 7 heteroatoms. The Morgan fingerprint density at radius 1 is 1.27 bits per heavy atom. The van der Waals surface area contributed by atoms with E-state index in [0.717, 1.165) is 18.8 Å². The molecule has 1 N–H and O–H groups in total. The summed E-state index contributed by atoms with van der Waals surface area (Å²) in [5.41, 5.74) is 1.64. The Kier molecular flexibility index (Phi) is 4.37. The average Bonchev–Trinajstić information content (AvgIpc) is 3.03. The topological polar surface area (TPSA) is 58.6 Å². The molecule has 1 aliphatic rings. The third-order valence-corrected chi connectivity index (χ3v) is 5.74. The van der Waals surface area contributed by atoms with Gasteiger partial charge in [0.2, 0.25) is 0 Å². The fraction of sp³-hybridized carbons (Fsp3) is 0.333. The van der Waals surface area contributed by atoms with Gasteiger partial charge in [-0.25, -0.2) is 8.42 Å². The molecule has 1 aromatic carbocycles. The van der Waals surface area contributed by atoms with E-state index in [1.807, 2.05) is 12.1 Å². The summed E-state index contributed by atoms with van der Waals surface area (Å²) in [6.07, 6.45) is 0.213. The molecule has 5 nitrogen and oxygen atoms in total. The Morgan fingerprint density at radius 2 is 2.05 bits per heavy atom. The molecule has 0 amide bonds. The van der Waals surface area contributed by atoms with Gasteiger partial charge in [-0.1, -0.05) is 0 Å². The second kappa shape index (κ2) is 6.28. The molecule has 2 heterocycles. The van der Waals surface area contributed by atoms with Crippen molar-refractivity contribution in [2.24, 2.45) is 0 Å². The molecule has 118 valence electrons. The Hall–Kier alpha value is -1.57. The van der Waals surface area contributed by atoms with Crippen molar-refractivity contribution in [2.75, 3.05) is 29.3 Å². The largest absolute Gasteiger partial charge is 0.375 e. The monoisotopic (exact) mass is 338 g/mol. The van der Waals surface area contributed by atoms with Gasteiger partial charge in [-0.3, -0.25) is 4.72 Å². The average molecular weight is 338 g/mol. The maximum atomic E-state index is 12.2. The van der Waals surface area contributed by atoms with E-state index in [1.165, 1.54) is 11.3 Å². The number of hydrogen-bond acceptors (Lipinski definition) is 5. The molecule has 1 aliphatic heterocycles. The van der Waals surface area contributed by atoms with Gasteiger partial charge in [0, 0.05) is 29.8 Å². The first kappa shape index (κ1) is 15.3. The minimum atomic E-state index is -3.49. The molecule has 1 aromatic heterocycles. The highest BCUT2D eigenvalue weighted by Gasteiger charge is 2.18. The van der Waals surface area contributed by atoms with Gasteiger partial charge in [0.1, 0.15) is 0 Å². The SMILES string of the molecule is CC1CN(c2ccc(NS(=O)(=O)c3ccsc3)cc2)CCO1. The number of nitrogens with zero attached hydrogens (tertiary/aromatic N) is 1. The summed E-state index contributed by atoms with van der Waals surface area (Å²) < 4.78 is 32.4. The lowest BCUT2D eigenvalue weighted by molar-refractivity contribution is 0.0532. The zero-order valence-electron chi connectivity index (χ0n) is 12.2.